The van der Waals surface area contributed by atoms with Crippen LogP contribution >= 0.6 is 0 Å². The molecular formula is C25H26FN5O2. The van der Waals surface area contributed by atoms with E-state index in [-0.39, 0.29) is 29.5 Å². The largest absolute Gasteiger partial charge is 0.342 e. The zero-order chi connectivity index (χ0) is 22.8. The van der Waals surface area contributed by atoms with Gasteiger partial charge in [0.1, 0.15) is 11.6 Å². The quantitative estimate of drug-likeness (QED) is 0.664. The molecule has 1 saturated heterocycles. The van der Waals surface area contributed by atoms with E-state index in [1.165, 1.54) is 12.1 Å². The lowest BCUT2D eigenvalue weighted by Gasteiger charge is -2.27. The van der Waals surface area contributed by atoms with Crippen LogP contribution in [0, 0.1) is 11.2 Å². The fraction of sp³-hybridized carbons (Fsp3) is 0.360. The van der Waals surface area contributed by atoms with Crippen molar-refractivity contribution in [2.75, 3.05) is 18.4 Å². The fourth-order valence-corrected chi connectivity index (χ4v) is 4.97. The van der Waals surface area contributed by atoms with Gasteiger partial charge in [0.2, 0.25) is 11.7 Å². The molecule has 8 heteroatoms. The van der Waals surface area contributed by atoms with Gasteiger partial charge in [-0.3, -0.25) is 9.59 Å². The lowest BCUT2D eigenvalue weighted by molar-refractivity contribution is -0.129. The number of hydrogen-bond acceptors (Lipinski definition) is 4. The molecule has 3 heterocycles. The van der Waals surface area contributed by atoms with Crippen LogP contribution in [0.25, 0.3) is 0 Å². The molecule has 5 rings (SSSR count). The number of nitrogens with zero attached hydrogens (tertiary/aromatic N) is 4. The van der Waals surface area contributed by atoms with Crippen molar-refractivity contribution < 1.29 is 14.0 Å². The highest BCUT2D eigenvalue weighted by molar-refractivity contribution is 6.01. The number of carbonyl (C=O) groups is 2. The van der Waals surface area contributed by atoms with Crippen molar-refractivity contribution in [1.29, 1.82) is 0 Å². The zero-order valence-corrected chi connectivity index (χ0v) is 18.3. The van der Waals surface area contributed by atoms with E-state index in [0.29, 0.717) is 36.7 Å². The summed E-state index contributed by atoms with van der Waals surface area (Å²) in [6.45, 7) is 2.03. The highest BCUT2D eigenvalue weighted by atomic mass is 19.1. The molecule has 7 nitrogen and oxygen atoms in total. The van der Waals surface area contributed by atoms with Crippen LogP contribution in [-0.4, -0.2) is 44.6 Å². The Kier molecular flexibility index (Phi) is 5.66. The minimum absolute atomic E-state index is 0.00543. The number of para-hydroxylation sites is 1. The fourth-order valence-electron chi connectivity index (χ4n) is 4.97. The topological polar surface area (TPSA) is 80.1 Å². The maximum Gasteiger partial charge on any atom is 0.293 e. The van der Waals surface area contributed by atoms with Gasteiger partial charge in [0, 0.05) is 31.7 Å². The monoisotopic (exact) mass is 447 g/mol. The number of carbonyl (C=O) groups excluding carboxylic acids is 2. The number of halogens is 1. The Balaban J connectivity index is 1.24. The third-order valence-corrected chi connectivity index (χ3v) is 6.84. The van der Waals surface area contributed by atoms with Gasteiger partial charge in [-0.05, 0) is 54.5 Å². The number of likely N-dealkylation sites (tertiary alicyclic amines) is 1. The molecule has 2 amide bonds. The van der Waals surface area contributed by atoms with Crippen LogP contribution in [0.2, 0.25) is 0 Å². The number of aryl methyl sites for hydroxylation is 1. The number of benzene rings is 2. The van der Waals surface area contributed by atoms with Crippen LogP contribution in [0.4, 0.5) is 10.1 Å². The molecular weight excluding hydrogens is 421 g/mol. The Morgan fingerprint density at radius 3 is 2.64 bits per heavy atom. The van der Waals surface area contributed by atoms with Crippen molar-refractivity contribution >= 4 is 17.5 Å². The van der Waals surface area contributed by atoms with E-state index in [9.17, 15) is 14.0 Å². The number of aromatic nitrogens is 3. The first-order valence-electron chi connectivity index (χ1n) is 11.3. The molecule has 1 spiro atoms. The van der Waals surface area contributed by atoms with Gasteiger partial charge >= 0.3 is 0 Å². The third kappa shape index (κ3) is 4.51. The highest BCUT2D eigenvalue weighted by Gasteiger charge is 2.41. The lowest BCUT2D eigenvalue weighted by atomic mass is 9.80. The first-order valence-corrected chi connectivity index (χ1v) is 11.3. The number of amides is 2. The summed E-state index contributed by atoms with van der Waals surface area (Å²) >= 11 is 0. The van der Waals surface area contributed by atoms with Crippen molar-refractivity contribution in [2.24, 2.45) is 5.41 Å². The summed E-state index contributed by atoms with van der Waals surface area (Å²) in [5.41, 5.74) is 1.42. The van der Waals surface area contributed by atoms with E-state index in [2.05, 4.69) is 15.5 Å². The molecule has 1 fully saturated rings. The summed E-state index contributed by atoms with van der Waals surface area (Å²) in [4.78, 5) is 27.5. The average molecular weight is 448 g/mol. The number of hydrogen-bond donors (Lipinski definition) is 1. The number of anilines is 1. The summed E-state index contributed by atoms with van der Waals surface area (Å²) in [7, 11) is 0. The molecule has 33 heavy (non-hydrogen) atoms. The number of fused-ring (bicyclic) bond motifs is 1. The molecule has 170 valence electrons. The van der Waals surface area contributed by atoms with E-state index in [1.807, 2.05) is 39.8 Å². The first kappa shape index (κ1) is 21.3. The molecule has 1 aromatic heterocycles. The maximum absolute atomic E-state index is 13.5. The highest BCUT2D eigenvalue weighted by Crippen LogP contribution is 2.41. The van der Waals surface area contributed by atoms with Gasteiger partial charge in [0.25, 0.3) is 5.91 Å². The second-order valence-corrected chi connectivity index (χ2v) is 9.03. The molecule has 2 aromatic carbocycles. The standard InChI is InChI=1S/C25H26FN5O2/c26-19-6-4-5-18(15-19)16-22(32)30-13-11-25(17-30)10-9-21-28-29-23(31(21)14-12-25)24(33)27-20-7-2-1-3-8-20/h1-8,15H,9-14,16-17H2,(H,27,33)/t25-/m1/s1. The van der Waals surface area contributed by atoms with Crippen molar-refractivity contribution in [3.8, 4) is 0 Å². The van der Waals surface area contributed by atoms with Crippen LogP contribution in [0.5, 0.6) is 0 Å². The van der Waals surface area contributed by atoms with Crippen molar-refractivity contribution in [2.45, 2.75) is 38.6 Å². The predicted molar refractivity (Wildman–Crippen MR) is 121 cm³/mol. The average Bonchev–Trinajstić information content (AvgIpc) is 3.37. The molecule has 2 aliphatic heterocycles. The van der Waals surface area contributed by atoms with E-state index in [4.69, 9.17) is 0 Å². The third-order valence-electron chi connectivity index (χ3n) is 6.84. The molecule has 0 radical (unpaired) electrons. The molecule has 0 bridgehead atoms. The normalized spacial score (nSPS) is 19.8. The zero-order valence-electron chi connectivity index (χ0n) is 18.3. The van der Waals surface area contributed by atoms with Gasteiger partial charge in [-0.1, -0.05) is 30.3 Å². The number of rotatable bonds is 4. The van der Waals surface area contributed by atoms with Gasteiger partial charge in [-0.2, -0.15) is 0 Å². The van der Waals surface area contributed by atoms with Gasteiger partial charge < -0.3 is 14.8 Å². The Bertz CT molecular complexity index is 1180. The van der Waals surface area contributed by atoms with Gasteiger partial charge in [0.05, 0.1) is 6.42 Å². The Labute approximate surface area is 191 Å². The smallest absolute Gasteiger partial charge is 0.293 e. The summed E-state index contributed by atoms with van der Waals surface area (Å²) in [5.74, 6) is 0.577. The molecule has 3 aromatic rings. The van der Waals surface area contributed by atoms with Crippen LogP contribution in [0.15, 0.2) is 54.6 Å². The second kappa shape index (κ2) is 8.77. The summed E-state index contributed by atoms with van der Waals surface area (Å²) < 4.78 is 15.4. The van der Waals surface area contributed by atoms with Gasteiger partial charge in [0.15, 0.2) is 0 Å². The molecule has 0 saturated carbocycles. The SMILES string of the molecule is O=C(Nc1ccccc1)c1nnc2n1CC[C@@]1(CC2)CCN(C(=O)Cc2cccc(F)c2)C1. The van der Waals surface area contributed by atoms with E-state index in [0.717, 1.165) is 31.5 Å². The van der Waals surface area contributed by atoms with Gasteiger partial charge in [-0.15, -0.1) is 10.2 Å². The summed E-state index contributed by atoms with van der Waals surface area (Å²) in [6, 6.07) is 15.5. The number of nitrogens with one attached hydrogen (secondary N) is 1. The first-order chi connectivity index (χ1) is 16.0. The minimum Gasteiger partial charge on any atom is -0.342 e. The molecule has 0 unspecified atom stereocenters. The van der Waals surface area contributed by atoms with Crippen molar-refractivity contribution in [3.63, 3.8) is 0 Å². The molecule has 0 aliphatic carbocycles. The Hall–Kier alpha value is -3.55. The maximum atomic E-state index is 13.5. The van der Waals surface area contributed by atoms with Crippen LogP contribution < -0.4 is 5.32 Å². The molecule has 1 N–H and O–H groups in total. The predicted octanol–water partition coefficient (Wildman–Crippen LogP) is 3.47. The Morgan fingerprint density at radius 2 is 1.82 bits per heavy atom. The van der Waals surface area contributed by atoms with Crippen LogP contribution in [-0.2, 0) is 24.2 Å². The van der Waals surface area contributed by atoms with E-state index >= 15 is 0 Å². The summed E-state index contributed by atoms with van der Waals surface area (Å²) in [5, 5.41) is 11.3. The lowest BCUT2D eigenvalue weighted by Crippen LogP contribution is -2.33. The second-order valence-electron chi connectivity index (χ2n) is 9.03. The molecule has 2 aliphatic rings. The minimum atomic E-state index is -0.322. The van der Waals surface area contributed by atoms with Gasteiger partial charge in [-0.25, -0.2) is 4.39 Å². The van der Waals surface area contributed by atoms with E-state index in [1.54, 1.807) is 12.1 Å². The van der Waals surface area contributed by atoms with Crippen LogP contribution in [0.1, 0.15) is 41.3 Å². The van der Waals surface area contributed by atoms with E-state index < -0.39 is 0 Å². The molecule has 1 atom stereocenters. The Morgan fingerprint density at radius 1 is 1.00 bits per heavy atom. The van der Waals surface area contributed by atoms with Crippen molar-refractivity contribution in [3.05, 3.63) is 77.6 Å². The summed E-state index contributed by atoms with van der Waals surface area (Å²) in [6.07, 6.45) is 3.61. The van der Waals surface area contributed by atoms with Crippen LogP contribution in [0.3, 0.4) is 0 Å². The van der Waals surface area contributed by atoms with Crippen molar-refractivity contribution in [1.82, 2.24) is 19.7 Å².